The number of imidazole rings is 1. The van der Waals surface area contributed by atoms with Crippen molar-refractivity contribution in [2.24, 2.45) is 33.7 Å². The summed E-state index contributed by atoms with van der Waals surface area (Å²) in [5.41, 5.74) is 3.84. The fourth-order valence-corrected chi connectivity index (χ4v) is 7.60. The maximum atomic E-state index is 12.0. The summed E-state index contributed by atoms with van der Waals surface area (Å²) in [4.78, 5) is 24.4. The van der Waals surface area contributed by atoms with E-state index in [1.807, 2.05) is 0 Å². The Morgan fingerprint density at radius 1 is 1.24 bits per heavy atom. The molecule has 0 radical (unpaired) electrons. The Bertz CT molecular complexity index is 926. The molecule has 1 heterocycles. The molecule has 0 aromatic carbocycles. The van der Waals surface area contributed by atoms with Gasteiger partial charge >= 0.3 is 0 Å². The summed E-state index contributed by atoms with van der Waals surface area (Å²) in [7, 11) is 0. The van der Waals surface area contributed by atoms with Gasteiger partial charge in [-0.15, -0.1) is 0 Å². The standard InChI is InChI=1S/C26H38N4O3/c1-25-10-7-18(30-33-15-24(32)28-12-9-19-14-27-16-29-19)13-17(25)3-4-20-21-5-6-23(31)26(21,2)11-8-22(20)25/h13-14,16,20-23,31H,3-12,15H2,1-2H3,(H,27,29)(H,28,32)/b30-18+/t20-,21-,22-,23-,25-,26-/m0/s1. The Balaban J connectivity index is 1.16. The molecule has 7 nitrogen and oxygen atoms in total. The van der Waals surface area contributed by atoms with Gasteiger partial charge in [0.15, 0.2) is 6.61 Å². The largest absolute Gasteiger partial charge is 0.393 e. The molecular weight excluding hydrogens is 416 g/mol. The van der Waals surface area contributed by atoms with Crippen LogP contribution < -0.4 is 5.32 Å². The van der Waals surface area contributed by atoms with Gasteiger partial charge in [0.25, 0.3) is 5.91 Å². The Morgan fingerprint density at radius 2 is 2.12 bits per heavy atom. The van der Waals surface area contributed by atoms with Crippen LogP contribution in [0, 0.1) is 28.6 Å². The molecule has 4 aliphatic carbocycles. The molecule has 1 aromatic heterocycles. The van der Waals surface area contributed by atoms with E-state index >= 15 is 0 Å². The van der Waals surface area contributed by atoms with E-state index in [2.05, 4.69) is 40.4 Å². The van der Waals surface area contributed by atoms with Crippen LogP contribution in [0.3, 0.4) is 0 Å². The van der Waals surface area contributed by atoms with Gasteiger partial charge in [0.05, 0.1) is 18.1 Å². The minimum Gasteiger partial charge on any atom is -0.393 e. The number of nitrogens with zero attached hydrogens (tertiary/aromatic N) is 2. The van der Waals surface area contributed by atoms with Crippen LogP contribution in [0.1, 0.15) is 70.9 Å². The van der Waals surface area contributed by atoms with Crippen LogP contribution in [-0.4, -0.2) is 45.9 Å². The number of oxime groups is 1. The fourth-order valence-electron chi connectivity index (χ4n) is 7.60. The Kier molecular flexibility index (Phi) is 6.10. The first-order valence-electron chi connectivity index (χ1n) is 12.7. The molecule has 1 amide bonds. The molecule has 0 unspecified atom stereocenters. The van der Waals surface area contributed by atoms with Crippen molar-refractivity contribution in [1.29, 1.82) is 0 Å². The molecule has 1 aromatic rings. The summed E-state index contributed by atoms with van der Waals surface area (Å²) >= 11 is 0. The highest BCUT2D eigenvalue weighted by atomic mass is 16.6. The number of fused-ring (bicyclic) bond motifs is 5. The molecule has 3 saturated carbocycles. The number of hydrogen-bond donors (Lipinski definition) is 3. The highest BCUT2D eigenvalue weighted by Gasteiger charge is 2.58. The third-order valence-electron chi connectivity index (χ3n) is 9.58. The monoisotopic (exact) mass is 454 g/mol. The van der Waals surface area contributed by atoms with Gasteiger partial charge < -0.3 is 20.2 Å². The van der Waals surface area contributed by atoms with Crippen molar-refractivity contribution in [3.8, 4) is 0 Å². The number of rotatable bonds is 6. The van der Waals surface area contributed by atoms with E-state index in [9.17, 15) is 9.90 Å². The minimum atomic E-state index is -0.156. The zero-order chi connectivity index (χ0) is 23.1. The second-order valence-electron chi connectivity index (χ2n) is 11.2. The molecule has 5 rings (SSSR count). The molecule has 0 aliphatic heterocycles. The van der Waals surface area contributed by atoms with Crippen molar-refractivity contribution in [2.75, 3.05) is 13.2 Å². The Morgan fingerprint density at radius 3 is 2.94 bits per heavy atom. The first-order chi connectivity index (χ1) is 15.9. The number of carbonyl (C=O) groups is 1. The van der Waals surface area contributed by atoms with Gasteiger partial charge in [0, 0.05) is 24.9 Å². The molecule has 6 atom stereocenters. The molecule has 0 bridgehead atoms. The molecule has 3 fully saturated rings. The van der Waals surface area contributed by atoms with Gasteiger partial charge in [-0.05, 0) is 86.0 Å². The van der Waals surface area contributed by atoms with E-state index in [4.69, 9.17) is 4.84 Å². The van der Waals surface area contributed by atoms with E-state index in [0.29, 0.717) is 24.8 Å². The highest BCUT2D eigenvalue weighted by Crippen LogP contribution is 2.65. The molecule has 0 spiro atoms. The lowest BCUT2D eigenvalue weighted by Gasteiger charge is -2.57. The normalized spacial score (nSPS) is 38.8. The van der Waals surface area contributed by atoms with Crippen LogP contribution in [0.25, 0.3) is 0 Å². The number of aromatic amines is 1. The molecule has 33 heavy (non-hydrogen) atoms. The van der Waals surface area contributed by atoms with Gasteiger partial charge in [-0.3, -0.25) is 4.79 Å². The number of H-pyrrole nitrogens is 1. The predicted molar refractivity (Wildman–Crippen MR) is 126 cm³/mol. The lowest BCUT2D eigenvalue weighted by atomic mass is 9.47. The average Bonchev–Trinajstić information content (AvgIpc) is 3.42. The zero-order valence-corrected chi connectivity index (χ0v) is 20.0. The zero-order valence-electron chi connectivity index (χ0n) is 20.0. The van der Waals surface area contributed by atoms with Crippen LogP contribution in [-0.2, 0) is 16.1 Å². The van der Waals surface area contributed by atoms with Gasteiger partial charge in [-0.2, -0.15) is 0 Å². The van der Waals surface area contributed by atoms with E-state index < -0.39 is 0 Å². The van der Waals surface area contributed by atoms with Crippen LogP contribution in [0.5, 0.6) is 0 Å². The number of amides is 1. The number of hydrogen-bond acceptors (Lipinski definition) is 5. The lowest BCUT2D eigenvalue weighted by molar-refractivity contribution is -0.125. The number of carbonyl (C=O) groups excluding carboxylic acids is 1. The van der Waals surface area contributed by atoms with Gasteiger partial charge in [0.2, 0.25) is 0 Å². The van der Waals surface area contributed by atoms with Crippen molar-refractivity contribution in [2.45, 2.75) is 77.7 Å². The summed E-state index contributed by atoms with van der Waals surface area (Å²) in [6, 6.07) is 0. The number of aromatic nitrogens is 2. The van der Waals surface area contributed by atoms with E-state index in [1.165, 1.54) is 24.8 Å². The van der Waals surface area contributed by atoms with E-state index in [0.717, 1.165) is 49.4 Å². The lowest BCUT2D eigenvalue weighted by Crippen LogP contribution is -2.51. The molecular formula is C26H38N4O3. The predicted octanol–water partition coefficient (Wildman–Crippen LogP) is 3.76. The average molecular weight is 455 g/mol. The molecule has 180 valence electrons. The van der Waals surface area contributed by atoms with Crippen molar-refractivity contribution in [1.82, 2.24) is 15.3 Å². The van der Waals surface area contributed by atoms with Crippen molar-refractivity contribution < 1.29 is 14.7 Å². The van der Waals surface area contributed by atoms with Crippen molar-refractivity contribution in [3.05, 3.63) is 29.9 Å². The SMILES string of the molecule is C[C@]12CC[C@H]3[C@@H](CCC4=C/C(=N/OCC(=O)NCCc5cnc[nH]5)CC[C@@]43C)[C@@H]1CC[C@@H]2O. The molecule has 7 heteroatoms. The minimum absolute atomic E-state index is 0.0554. The summed E-state index contributed by atoms with van der Waals surface area (Å²) in [6.07, 6.45) is 15.2. The Hall–Kier alpha value is -2.15. The summed E-state index contributed by atoms with van der Waals surface area (Å²) in [5, 5.41) is 17.8. The second-order valence-corrected chi connectivity index (χ2v) is 11.2. The van der Waals surface area contributed by atoms with Crippen molar-refractivity contribution in [3.63, 3.8) is 0 Å². The summed E-state index contributed by atoms with van der Waals surface area (Å²) in [5.74, 6) is 1.97. The van der Waals surface area contributed by atoms with E-state index in [1.54, 1.807) is 12.5 Å². The first-order valence-corrected chi connectivity index (χ1v) is 12.7. The topological polar surface area (TPSA) is 99.6 Å². The Labute approximate surface area is 196 Å². The number of allylic oxidation sites excluding steroid dienone is 2. The maximum Gasteiger partial charge on any atom is 0.260 e. The maximum absolute atomic E-state index is 12.0. The smallest absolute Gasteiger partial charge is 0.260 e. The van der Waals surface area contributed by atoms with Crippen molar-refractivity contribution >= 4 is 11.6 Å². The fraction of sp³-hybridized carbons (Fsp3) is 0.731. The second kappa shape index (κ2) is 8.90. The van der Waals surface area contributed by atoms with Gasteiger partial charge in [-0.25, -0.2) is 4.98 Å². The quantitative estimate of drug-likeness (QED) is 0.570. The number of aliphatic hydroxyl groups excluding tert-OH is 1. The van der Waals surface area contributed by atoms with E-state index in [-0.39, 0.29) is 29.4 Å². The van der Waals surface area contributed by atoms with Crippen LogP contribution in [0.4, 0.5) is 0 Å². The van der Waals surface area contributed by atoms with Crippen LogP contribution in [0.15, 0.2) is 29.3 Å². The van der Waals surface area contributed by atoms with Crippen LogP contribution >= 0.6 is 0 Å². The molecule has 3 N–H and O–H groups in total. The third kappa shape index (κ3) is 4.13. The summed E-state index contributed by atoms with van der Waals surface area (Å²) in [6.45, 7) is 5.30. The van der Waals surface area contributed by atoms with Gasteiger partial charge in [-0.1, -0.05) is 24.6 Å². The number of nitrogens with one attached hydrogen (secondary N) is 2. The molecule has 0 saturated heterocycles. The molecule has 4 aliphatic rings. The number of aliphatic hydroxyl groups is 1. The third-order valence-corrected chi connectivity index (χ3v) is 9.58. The van der Waals surface area contributed by atoms with Gasteiger partial charge in [0.1, 0.15) is 0 Å². The first kappa shape index (κ1) is 22.6. The summed E-state index contributed by atoms with van der Waals surface area (Å²) < 4.78 is 0. The van der Waals surface area contributed by atoms with Crippen LogP contribution in [0.2, 0.25) is 0 Å². The highest BCUT2D eigenvalue weighted by molar-refractivity contribution is 5.96.